The topological polar surface area (TPSA) is 41.1 Å². The van der Waals surface area contributed by atoms with E-state index in [1.807, 2.05) is 51.1 Å². The van der Waals surface area contributed by atoms with Gasteiger partial charge in [0, 0.05) is 10.2 Å². The van der Waals surface area contributed by atoms with E-state index < -0.39 is 0 Å². The summed E-state index contributed by atoms with van der Waals surface area (Å²) in [6.45, 7) is 6.31. The second kappa shape index (κ2) is 6.76. The van der Waals surface area contributed by atoms with Gasteiger partial charge in [0.15, 0.2) is 0 Å². The third-order valence-corrected chi connectivity index (χ3v) is 3.78. The summed E-state index contributed by atoms with van der Waals surface area (Å²) >= 11 is 3.53. The fourth-order valence-electron chi connectivity index (χ4n) is 2.24. The number of hydrogen-bond donors (Lipinski definition) is 2. The largest absolute Gasteiger partial charge is 0.375 e. The Morgan fingerprint density at radius 3 is 2.52 bits per heavy atom. The molecule has 0 aliphatic carbocycles. The SMILES string of the molecule is Cc1cccc(NC(=O)CNc2c(C)cc(C)cc2Br)c1. The quantitative estimate of drug-likeness (QED) is 0.859. The first-order chi connectivity index (χ1) is 9.95. The standard InChI is InChI=1S/C17H19BrN2O/c1-11-5-4-6-14(8-11)20-16(21)10-19-17-13(3)7-12(2)9-15(17)18/h4-9,19H,10H2,1-3H3,(H,20,21). The van der Waals surface area contributed by atoms with Gasteiger partial charge in [-0.25, -0.2) is 0 Å². The number of amides is 1. The number of halogens is 1. The minimum atomic E-state index is -0.0625. The zero-order valence-electron chi connectivity index (χ0n) is 12.5. The van der Waals surface area contributed by atoms with Gasteiger partial charge in [0.2, 0.25) is 5.91 Å². The molecule has 2 N–H and O–H groups in total. The molecule has 0 bridgehead atoms. The smallest absolute Gasteiger partial charge is 0.243 e. The van der Waals surface area contributed by atoms with Crippen molar-refractivity contribution >= 4 is 33.2 Å². The predicted molar refractivity (Wildman–Crippen MR) is 91.9 cm³/mol. The van der Waals surface area contributed by atoms with Crippen LogP contribution in [0.5, 0.6) is 0 Å². The molecule has 0 unspecified atom stereocenters. The number of carbonyl (C=O) groups excluding carboxylic acids is 1. The average molecular weight is 347 g/mol. The van der Waals surface area contributed by atoms with Gasteiger partial charge in [-0.2, -0.15) is 0 Å². The molecule has 1 amide bonds. The maximum atomic E-state index is 12.0. The van der Waals surface area contributed by atoms with Gasteiger partial charge < -0.3 is 10.6 Å². The second-order valence-corrected chi connectivity index (χ2v) is 6.06. The zero-order valence-corrected chi connectivity index (χ0v) is 14.0. The third kappa shape index (κ3) is 4.33. The summed E-state index contributed by atoms with van der Waals surface area (Å²) in [6.07, 6.45) is 0. The Morgan fingerprint density at radius 2 is 1.86 bits per heavy atom. The van der Waals surface area contributed by atoms with Gasteiger partial charge >= 0.3 is 0 Å². The van der Waals surface area contributed by atoms with Crippen molar-refractivity contribution in [1.29, 1.82) is 0 Å². The third-order valence-electron chi connectivity index (χ3n) is 3.16. The molecule has 0 atom stereocenters. The summed E-state index contributed by atoms with van der Waals surface area (Å²) in [5.74, 6) is -0.0625. The fourth-order valence-corrected chi connectivity index (χ4v) is 3.05. The van der Waals surface area contributed by atoms with Crippen molar-refractivity contribution in [1.82, 2.24) is 0 Å². The molecule has 4 heteroatoms. The van der Waals surface area contributed by atoms with Crippen LogP contribution < -0.4 is 10.6 Å². The molecular formula is C17H19BrN2O. The van der Waals surface area contributed by atoms with Gasteiger partial charge in [-0.05, 0) is 71.6 Å². The van der Waals surface area contributed by atoms with Crippen LogP contribution in [0, 0.1) is 20.8 Å². The first-order valence-corrected chi connectivity index (χ1v) is 7.62. The molecule has 2 aromatic carbocycles. The van der Waals surface area contributed by atoms with Crippen LogP contribution in [0.1, 0.15) is 16.7 Å². The van der Waals surface area contributed by atoms with Crippen molar-refractivity contribution in [3.05, 3.63) is 57.6 Å². The first kappa shape index (κ1) is 15.6. The molecule has 0 aliphatic rings. The van der Waals surface area contributed by atoms with E-state index in [-0.39, 0.29) is 12.5 Å². The molecule has 0 saturated heterocycles. The number of hydrogen-bond acceptors (Lipinski definition) is 2. The van der Waals surface area contributed by atoms with Crippen molar-refractivity contribution in [2.75, 3.05) is 17.2 Å². The Labute approximate surface area is 133 Å². The molecule has 110 valence electrons. The molecule has 0 radical (unpaired) electrons. The molecule has 0 fully saturated rings. The van der Waals surface area contributed by atoms with Crippen molar-refractivity contribution < 1.29 is 4.79 Å². The van der Waals surface area contributed by atoms with Crippen molar-refractivity contribution in [2.45, 2.75) is 20.8 Å². The van der Waals surface area contributed by atoms with E-state index in [0.29, 0.717) is 0 Å². The van der Waals surface area contributed by atoms with E-state index in [1.165, 1.54) is 5.56 Å². The Hall–Kier alpha value is -1.81. The highest BCUT2D eigenvalue weighted by atomic mass is 79.9. The Bertz CT molecular complexity index is 645. The number of nitrogens with one attached hydrogen (secondary N) is 2. The van der Waals surface area contributed by atoms with Gasteiger partial charge in [-0.15, -0.1) is 0 Å². The number of anilines is 2. The van der Waals surface area contributed by atoms with Gasteiger partial charge in [-0.1, -0.05) is 18.2 Å². The Balaban J connectivity index is 1.99. The van der Waals surface area contributed by atoms with Crippen LogP contribution in [0.3, 0.4) is 0 Å². The predicted octanol–water partition coefficient (Wildman–Crippen LogP) is 4.42. The van der Waals surface area contributed by atoms with E-state index in [4.69, 9.17) is 0 Å². The molecule has 0 saturated carbocycles. The van der Waals surface area contributed by atoms with Crippen LogP contribution in [0.15, 0.2) is 40.9 Å². The highest BCUT2D eigenvalue weighted by molar-refractivity contribution is 9.10. The number of rotatable bonds is 4. The van der Waals surface area contributed by atoms with Gasteiger partial charge in [0.1, 0.15) is 0 Å². The number of aryl methyl sites for hydroxylation is 3. The molecule has 0 aromatic heterocycles. The van der Waals surface area contributed by atoms with Crippen LogP contribution in [-0.2, 0) is 4.79 Å². The lowest BCUT2D eigenvalue weighted by Crippen LogP contribution is -2.22. The lowest BCUT2D eigenvalue weighted by molar-refractivity contribution is -0.114. The van der Waals surface area contributed by atoms with Crippen LogP contribution >= 0.6 is 15.9 Å². The molecule has 3 nitrogen and oxygen atoms in total. The highest BCUT2D eigenvalue weighted by Crippen LogP contribution is 2.27. The van der Waals surface area contributed by atoms with Crippen LogP contribution in [0.4, 0.5) is 11.4 Å². The van der Waals surface area contributed by atoms with Gasteiger partial charge in [0.25, 0.3) is 0 Å². The van der Waals surface area contributed by atoms with Crippen molar-refractivity contribution in [3.63, 3.8) is 0 Å². The number of benzene rings is 2. The lowest BCUT2D eigenvalue weighted by atomic mass is 10.1. The fraction of sp³-hybridized carbons (Fsp3) is 0.235. The van der Waals surface area contributed by atoms with Crippen molar-refractivity contribution in [2.24, 2.45) is 0 Å². The van der Waals surface area contributed by atoms with Crippen LogP contribution in [0.25, 0.3) is 0 Å². The maximum Gasteiger partial charge on any atom is 0.243 e. The Morgan fingerprint density at radius 1 is 1.10 bits per heavy atom. The zero-order chi connectivity index (χ0) is 15.4. The molecule has 0 heterocycles. The summed E-state index contributed by atoms with van der Waals surface area (Å²) in [4.78, 5) is 12.0. The van der Waals surface area contributed by atoms with E-state index in [1.54, 1.807) is 0 Å². The average Bonchev–Trinajstić information content (AvgIpc) is 2.37. The summed E-state index contributed by atoms with van der Waals surface area (Å²) in [6, 6.07) is 11.9. The summed E-state index contributed by atoms with van der Waals surface area (Å²) in [7, 11) is 0. The summed E-state index contributed by atoms with van der Waals surface area (Å²) < 4.78 is 0.975. The molecule has 0 spiro atoms. The van der Waals surface area contributed by atoms with Crippen molar-refractivity contribution in [3.8, 4) is 0 Å². The molecule has 0 aliphatic heterocycles. The van der Waals surface area contributed by atoms with E-state index in [2.05, 4.69) is 32.6 Å². The minimum Gasteiger partial charge on any atom is -0.375 e. The molecule has 2 aromatic rings. The van der Waals surface area contributed by atoms with Gasteiger partial charge in [0.05, 0.1) is 12.2 Å². The maximum absolute atomic E-state index is 12.0. The Kier molecular flexibility index (Phi) is 5.02. The molecule has 2 rings (SSSR count). The normalized spacial score (nSPS) is 10.3. The monoisotopic (exact) mass is 346 g/mol. The first-order valence-electron chi connectivity index (χ1n) is 6.83. The lowest BCUT2D eigenvalue weighted by Gasteiger charge is -2.13. The molecular weight excluding hydrogens is 328 g/mol. The van der Waals surface area contributed by atoms with E-state index >= 15 is 0 Å². The minimum absolute atomic E-state index is 0.0625. The number of carbonyl (C=O) groups is 1. The second-order valence-electron chi connectivity index (χ2n) is 5.21. The van der Waals surface area contributed by atoms with E-state index in [0.717, 1.165) is 27.0 Å². The van der Waals surface area contributed by atoms with E-state index in [9.17, 15) is 4.79 Å². The summed E-state index contributed by atoms with van der Waals surface area (Å²) in [5.41, 5.74) is 5.21. The highest BCUT2D eigenvalue weighted by Gasteiger charge is 2.07. The van der Waals surface area contributed by atoms with Crippen LogP contribution in [0.2, 0.25) is 0 Å². The molecule has 21 heavy (non-hydrogen) atoms. The van der Waals surface area contributed by atoms with Gasteiger partial charge in [-0.3, -0.25) is 4.79 Å². The van der Waals surface area contributed by atoms with Crippen LogP contribution in [-0.4, -0.2) is 12.5 Å². The summed E-state index contributed by atoms with van der Waals surface area (Å²) in [5, 5.41) is 6.07.